The first-order valence-corrected chi connectivity index (χ1v) is 9.24. The van der Waals surface area contributed by atoms with Crippen LogP contribution < -0.4 is 0 Å². The molecule has 1 amide bonds. The van der Waals surface area contributed by atoms with Crippen LogP contribution in [-0.2, 0) is 13.0 Å². The molecule has 0 aliphatic carbocycles. The zero-order valence-corrected chi connectivity index (χ0v) is 14.6. The van der Waals surface area contributed by atoms with Gasteiger partial charge in [0.15, 0.2) is 0 Å². The minimum absolute atomic E-state index is 0.0458. The molecule has 1 aromatic heterocycles. The number of amides is 1. The van der Waals surface area contributed by atoms with Crippen molar-refractivity contribution in [2.75, 3.05) is 19.6 Å². The molecule has 0 unspecified atom stereocenters. The van der Waals surface area contributed by atoms with Crippen molar-refractivity contribution in [2.24, 2.45) is 0 Å². The molecule has 0 spiro atoms. The average molecular weight is 343 g/mol. The van der Waals surface area contributed by atoms with Crippen LogP contribution in [0, 0.1) is 0 Å². The van der Waals surface area contributed by atoms with E-state index in [9.17, 15) is 4.79 Å². The molecule has 2 aromatic carbocycles. The van der Waals surface area contributed by atoms with Crippen molar-refractivity contribution in [2.45, 2.75) is 19.0 Å². The summed E-state index contributed by atoms with van der Waals surface area (Å²) in [5, 5.41) is 1.07. The van der Waals surface area contributed by atoms with Gasteiger partial charge in [0, 0.05) is 37.6 Å². The first-order chi connectivity index (χ1) is 12.8. The van der Waals surface area contributed by atoms with E-state index in [2.05, 4.69) is 34.1 Å². The Labute approximate surface area is 153 Å². The van der Waals surface area contributed by atoms with Gasteiger partial charge in [-0.3, -0.25) is 9.69 Å². The minimum atomic E-state index is 0.0458. The summed E-state index contributed by atoms with van der Waals surface area (Å²) in [4.78, 5) is 21.7. The van der Waals surface area contributed by atoms with Crippen molar-refractivity contribution in [3.8, 4) is 0 Å². The number of rotatable bonds is 2. The lowest BCUT2D eigenvalue weighted by Crippen LogP contribution is -2.61. The lowest BCUT2D eigenvalue weighted by molar-refractivity contribution is 0.0214. The van der Waals surface area contributed by atoms with E-state index in [-0.39, 0.29) is 5.91 Å². The molecule has 2 aliphatic heterocycles. The summed E-state index contributed by atoms with van der Waals surface area (Å²) in [5.74, 6) is 0.0458. The number of aromatic nitrogens is 1. The molecule has 0 N–H and O–H groups in total. The van der Waals surface area contributed by atoms with E-state index in [0.717, 1.165) is 43.5 Å². The summed E-state index contributed by atoms with van der Waals surface area (Å²) in [7, 11) is 0. The Bertz CT molecular complexity index is 978. The number of hydrogen-bond acceptors (Lipinski definition) is 3. The van der Waals surface area contributed by atoms with Crippen LogP contribution in [0.4, 0.5) is 0 Å². The molecule has 1 saturated heterocycles. The monoisotopic (exact) mass is 343 g/mol. The van der Waals surface area contributed by atoms with E-state index >= 15 is 0 Å². The SMILES string of the molecule is O=C(c1ccc2ccccc2n1)N1CC(N2CCc3ccccc3C2)C1. The topological polar surface area (TPSA) is 36.4 Å². The number of likely N-dealkylation sites (tertiary alicyclic amines) is 1. The molecular weight excluding hydrogens is 322 g/mol. The van der Waals surface area contributed by atoms with Gasteiger partial charge in [0.25, 0.3) is 5.91 Å². The van der Waals surface area contributed by atoms with E-state index in [1.165, 1.54) is 11.1 Å². The number of nitrogens with zero attached hydrogens (tertiary/aromatic N) is 3. The minimum Gasteiger partial charge on any atom is -0.334 e. The van der Waals surface area contributed by atoms with E-state index < -0.39 is 0 Å². The van der Waals surface area contributed by atoms with Gasteiger partial charge in [0.1, 0.15) is 5.69 Å². The molecule has 0 saturated carbocycles. The second-order valence-corrected chi connectivity index (χ2v) is 7.24. The predicted octanol–water partition coefficient (Wildman–Crippen LogP) is 3.12. The number of para-hydroxylation sites is 1. The average Bonchev–Trinajstić information content (AvgIpc) is 2.66. The van der Waals surface area contributed by atoms with Gasteiger partial charge >= 0.3 is 0 Å². The highest BCUT2D eigenvalue weighted by Crippen LogP contribution is 2.25. The summed E-state index contributed by atoms with van der Waals surface area (Å²) >= 11 is 0. The van der Waals surface area contributed by atoms with Crippen LogP contribution in [0.15, 0.2) is 60.7 Å². The third-order valence-electron chi connectivity index (χ3n) is 5.64. The van der Waals surface area contributed by atoms with E-state index in [1.807, 2.05) is 41.3 Å². The largest absolute Gasteiger partial charge is 0.334 e. The number of carbonyl (C=O) groups is 1. The fourth-order valence-corrected chi connectivity index (χ4v) is 4.03. The maximum absolute atomic E-state index is 12.7. The molecule has 0 radical (unpaired) electrons. The Balaban J connectivity index is 1.25. The van der Waals surface area contributed by atoms with Gasteiger partial charge in [0.05, 0.1) is 5.52 Å². The van der Waals surface area contributed by atoms with Gasteiger partial charge < -0.3 is 4.90 Å². The molecule has 130 valence electrons. The van der Waals surface area contributed by atoms with Gasteiger partial charge in [-0.1, -0.05) is 48.5 Å². The fraction of sp³-hybridized carbons (Fsp3) is 0.273. The predicted molar refractivity (Wildman–Crippen MR) is 102 cm³/mol. The Morgan fingerprint density at radius 1 is 0.923 bits per heavy atom. The summed E-state index contributed by atoms with van der Waals surface area (Å²) in [5.41, 5.74) is 4.32. The first-order valence-electron chi connectivity index (χ1n) is 9.24. The lowest BCUT2D eigenvalue weighted by atomic mass is 9.96. The molecule has 5 rings (SSSR count). The van der Waals surface area contributed by atoms with Crippen LogP contribution in [0.1, 0.15) is 21.6 Å². The standard InChI is InChI=1S/C22H21N3O/c26-22(21-10-9-17-6-3-4-8-20(17)23-21)25-14-19(15-25)24-12-11-16-5-1-2-7-18(16)13-24/h1-10,19H,11-15H2. The smallest absolute Gasteiger partial charge is 0.272 e. The van der Waals surface area contributed by atoms with Gasteiger partial charge in [-0.05, 0) is 29.7 Å². The van der Waals surface area contributed by atoms with Crippen molar-refractivity contribution in [3.05, 3.63) is 77.5 Å². The van der Waals surface area contributed by atoms with Gasteiger partial charge in [-0.15, -0.1) is 0 Å². The van der Waals surface area contributed by atoms with Crippen molar-refractivity contribution in [1.82, 2.24) is 14.8 Å². The van der Waals surface area contributed by atoms with Gasteiger partial charge in [0.2, 0.25) is 0 Å². The molecule has 4 nitrogen and oxygen atoms in total. The molecule has 0 atom stereocenters. The molecule has 1 fully saturated rings. The first kappa shape index (κ1) is 15.5. The fourth-order valence-electron chi connectivity index (χ4n) is 4.03. The van der Waals surface area contributed by atoms with E-state index in [1.54, 1.807) is 0 Å². The summed E-state index contributed by atoms with van der Waals surface area (Å²) in [6.07, 6.45) is 1.10. The molecule has 2 aliphatic rings. The number of carbonyl (C=O) groups excluding carboxylic acids is 1. The quantitative estimate of drug-likeness (QED) is 0.717. The highest BCUT2D eigenvalue weighted by molar-refractivity contribution is 5.95. The Kier molecular flexibility index (Phi) is 3.71. The van der Waals surface area contributed by atoms with Crippen molar-refractivity contribution in [3.63, 3.8) is 0 Å². The zero-order valence-electron chi connectivity index (χ0n) is 14.6. The Hall–Kier alpha value is -2.72. The second-order valence-electron chi connectivity index (χ2n) is 7.24. The van der Waals surface area contributed by atoms with Crippen LogP contribution in [0.3, 0.4) is 0 Å². The number of pyridine rings is 1. The van der Waals surface area contributed by atoms with Crippen LogP contribution in [-0.4, -0.2) is 46.4 Å². The zero-order chi connectivity index (χ0) is 17.5. The summed E-state index contributed by atoms with van der Waals surface area (Å²) < 4.78 is 0. The molecule has 0 bridgehead atoms. The van der Waals surface area contributed by atoms with Gasteiger partial charge in [-0.2, -0.15) is 0 Å². The van der Waals surface area contributed by atoms with E-state index in [4.69, 9.17) is 0 Å². The van der Waals surface area contributed by atoms with Crippen molar-refractivity contribution >= 4 is 16.8 Å². The molecule has 26 heavy (non-hydrogen) atoms. The van der Waals surface area contributed by atoms with Crippen LogP contribution in [0.2, 0.25) is 0 Å². The van der Waals surface area contributed by atoms with Crippen LogP contribution >= 0.6 is 0 Å². The number of fused-ring (bicyclic) bond motifs is 2. The van der Waals surface area contributed by atoms with Gasteiger partial charge in [-0.25, -0.2) is 4.98 Å². The van der Waals surface area contributed by atoms with E-state index in [0.29, 0.717) is 11.7 Å². The highest BCUT2D eigenvalue weighted by atomic mass is 16.2. The number of hydrogen-bond donors (Lipinski definition) is 0. The third kappa shape index (κ3) is 2.67. The normalized spacial score (nSPS) is 17.8. The summed E-state index contributed by atoms with van der Waals surface area (Å²) in [6.45, 7) is 3.68. The Morgan fingerprint density at radius 3 is 2.58 bits per heavy atom. The van der Waals surface area contributed by atoms with Crippen molar-refractivity contribution < 1.29 is 4.79 Å². The maximum Gasteiger partial charge on any atom is 0.272 e. The molecule has 4 heteroatoms. The second kappa shape index (κ2) is 6.22. The molecular formula is C22H21N3O. The van der Waals surface area contributed by atoms with Crippen LogP contribution in [0.5, 0.6) is 0 Å². The third-order valence-corrected chi connectivity index (χ3v) is 5.64. The van der Waals surface area contributed by atoms with Crippen LogP contribution in [0.25, 0.3) is 10.9 Å². The highest BCUT2D eigenvalue weighted by Gasteiger charge is 2.36. The summed E-state index contributed by atoms with van der Waals surface area (Å²) in [6, 6.07) is 20.9. The Morgan fingerprint density at radius 2 is 1.69 bits per heavy atom. The maximum atomic E-state index is 12.7. The number of benzene rings is 2. The van der Waals surface area contributed by atoms with Crippen molar-refractivity contribution in [1.29, 1.82) is 0 Å². The lowest BCUT2D eigenvalue weighted by Gasteiger charge is -2.46. The molecule has 3 aromatic rings. The molecule has 3 heterocycles.